The smallest absolute Gasteiger partial charge is 0.305 e. The third kappa shape index (κ3) is 4.32. The molecule has 2 aromatic rings. The van der Waals surface area contributed by atoms with E-state index in [4.69, 9.17) is 9.15 Å². The molecule has 6 heteroatoms. The van der Waals surface area contributed by atoms with Crippen LogP contribution in [0.2, 0.25) is 0 Å². The molecule has 1 aromatic carbocycles. The zero-order valence-electron chi connectivity index (χ0n) is 15.1. The van der Waals surface area contributed by atoms with E-state index in [0.717, 1.165) is 18.1 Å². The van der Waals surface area contributed by atoms with Crippen LogP contribution in [0.4, 0.5) is 0 Å². The highest BCUT2D eigenvalue weighted by Gasteiger charge is 2.40. The van der Waals surface area contributed by atoms with E-state index >= 15 is 0 Å². The number of rotatable bonds is 6. The number of amides is 2. The van der Waals surface area contributed by atoms with Crippen LogP contribution in [-0.2, 0) is 11.4 Å². The molecule has 2 aliphatic carbocycles. The quantitative estimate of drug-likeness (QED) is 0.766. The summed E-state index contributed by atoms with van der Waals surface area (Å²) in [6.07, 6.45) is 5.46. The number of carbonyl (C=O) groups excluding carboxylic acids is 2. The third-order valence-corrected chi connectivity index (χ3v) is 5.66. The molecule has 142 valence electrons. The van der Waals surface area contributed by atoms with Gasteiger partial charge in [-0.3, -0.25) is 20.4 Å². The summed E-state index contributed by atoms with van der Waals surface area (Å²) in [4.78, 5) is 24.2. The lowest BCUT2D eigenvalue weighted by Crippen LogP contribution is -2.42. The maximum atomic E-state index is 12.1. The molecule has 2 fully saturated rings. The van der Waals surface area contributed by atoms with Crippen molar-refractivity contribution in [2.75, 3.05) is 0 Å². The van der Waals surface area contributed by atoms with E-state index in [1.54, 1.807) is 12.1 Å². The SMILES string of the molecule is O=C(CC1CC2CCC1C2)NNC(=O)c1ccc(COc2ccccc2)o1. The second-order valence-electron chi connectivity index (χ2n) is 7.51. The van der Waals surface area contributed by atoms with Gasteiger partial charge in [-0.2, -0.15) is 0 Å². The fraction of sp³-hybridized carbons (Fsp3) is 0.429. The van der Waals surface area contributed by atoms with Crippen molar-refractivity contribution in [2.24, 2.45) is 17.8 Å². The number of hydrogen-bond acceptors (Lipinski definition) is 4. The Bertz CT molecular complexity index is 802. The normalized spacial score (nSPS) is 23.2. The Morgan fingerprint density at radius 1 is 1.04 bits per heavy atom. The Morgan fingerprint density at radius 2 is 1.89 bits per heavy atom. The molecule has 1 aromatic heterocycles. The van der Waals surface area contributed by atoms with Gasteiger partial charge in [0.25, 0.3) is 0 Å². The van der Waals surface area contributed by atoms with E-state index in [9.17, 15) is 9.59 Å². The number of fused-ring (bicyclic) bond motifs is 2. The molecule has 2 amide bonds. The number of para-hydroxylation sites is 1. The van der Waals surface area contributed by atoms with Crippen LogP contribution in [0.3, 0.4) is 0 Å². The molecule has 6 nitrogen and oxygen atoms in total. The van der Waals surface area contributed by atoms with Gasteiger partial charge >= 0.3 is 5.91 Å². The largest absolute Gasteiger partial charge is 0.486 e. The van der Waals surface area contributed by atoms with Crippen LogP contribution in [0.5, 0.6) is 5.75 Å². The molecule has 0 spiro atoms. The van der Waals surface area contributed by atoms with Crippen molar-refractivity contribution in [1.29, 1.82) is 0 Å². The van der Waals surface area contributed by atoms with Gasteiger partial charge in [0.05, 0.1) is 0 Å². The molecule has 3 atom stereocenters. The molecule has 2 aliphatic rings. The van der Waals surface area contributed by atoms with E-state index in [0.29, 0.717) is 24.0 Å². The zero-order valence-corrected chi connectivity index (χ0v) is 15.1. The summed E-state index contributed by atoms with van der Waals surface area (Å²) in [5.41, 5.74) is 4.94. The summed E-state index contributed by atoms with van der Waals surface area (Å²) >= 11 is 0. The van der Waals surface area contributed by atoms with Crippen LogP contribution < -0.4 is 15.6 Å². The van der Waals surface area contributed by atoms with E-state index in [1.807, 2.05) is 30.3 Å². The molecule has 3 unspecified atom stereocenters. The lowest BCUT2D eigenvalue weighted by molar-refractivity contribution is -0.123. The van der Waals surface area contributed by atoms with Gasteiger partial charge in [0.2, 0.25) is 5.91 Å². The van der Waals surface area contributed by atoms with Crippen LogP contribution in [-0.4, -0.2) is 11.8 Å². The first-order chi connectivity index (χ1) is 13.2. The van der Waals surface area contributed by atoms with E-state index in [1.165, 1.54) is 19.3 Å². The number of hydrogen-bond donors (Lipinski definition) is 2. The van der Waals surface area contributed by atoms with Gasteiger partial charge < -0.3 is 9.15 Å². The van der Waals surface area contributed by atoms with Gasteiger partial charge in [-0.05, 0) is 61.3 Å². The van der Waals surface area contributed by atoms with Crippen LogP contribution in [0, 0.1) is 17.8 Å². The Balaban J connectivity index is 1.21. The molecular formula is C21H24N2O4. The highest BCUT2D eigenvalue weighted by atomic mass is 16.5. The maximum Gasteiger partial charge on any atom is 0.305 e. The summed E-state index contributed by atoms with van der Waals surface area (Å²) < 4.78 is 11.1. The molecule has 4 rings (SSSR count). The van der Waals surface area contributed by atoms with Crippen molar-refractivity contribution in [3.8, 4) is 5.75 Å². The predicted octanol–water partition coefficient (Wildman–Crippen LogP) is 3.45. The second-order valence-corrected chi connectivity index (χ2v) is 7.51. The predicted molar refractivity (Wildman–Crippen MR) is 98.6 cm³/mol. The summed E-state index contributed by atoms with van der Waals surface area (Å²) in [5.74, 6) is 2.76. The van der Waals surface area contributed by atoms with Gasteiger partial charge in [0, 0.05) is 6.42 Å². The van der Waals surface area contributed by atoms with Gasteiger partial charge in [-0.15, -0.1) is 0 Å². The molecule has 0 saturated heterocycles. The summed E-state index contributed by atoms with van der Waals surface area (Å²) in [6.45, 7) is 0.230. The number of nitrogens with one attached hydrogen (secondary N) is 2. The summed E-state index contributed by atoms with van der Waals surface area (Å²) in [6, 6.07) is 12.6. The fourth-order valence-electron chi connectivity index (χ4n) is 4.35. The minimum Gasteiger partial charge on any atom is -0.486 e. The Labute approximate surface area is 158 Å². The number of ether oxygens (including phenoxy) is 1. The molecule has 1 heterocycles. The van der Waals surface area contributed by atoms with E-state index in [-0.39, 0.29) is 18.3 Å². The molecule has 0 radical (unpaired) electrons. The van der Waals surface area contributed by atoms with Crippen molar-refractivity contribution < 1.29 is 18.7 Å². The van der Waals surface area contributed by atoms with Crippen molar-refractivity contribution in [3.05, 3.63) is 54.0 Å². The lowest BCUT2D eigenvalue weighted by Gasteiger charge is -2.20. The van der Waals surface area contributed by atoms with Crippen molar-refractivity contribution in [2.45, 2.75) is 38.7 Å². The van der Waals surface area contributed by atoms with E-state index in [2.05, 4.69) is 10.9 Å². The minimum absolute atomic E-state index is 0.139. The van der Waals surface area contributed by atoms with E-state index < -0.39 is 5.91 Å². The van der Waals surface area contributed by atoms with Crippen LogP contribution >= 0.6 is 0 Å². The Kier molecular flexibility index (Phi) is 5.14. The first-order valence-corrected chi connectivity index (χ1v) is 9.53. The standard InChI is InChI=1S/C21H24N2O4/c24-20(12-16-11-14-6-7-15(16)10-14)22-23-21(25)19-9-8-18(27-19)13-26-17-4-2-1-3-5-17/h1-5,8-9,14-16H,6-7,10-13H2,(H,22,24)(H,23,25). The third-order valence-electron chi connectivity index (χ3n) is 5.66. The minimum atomic E-state index is -0.470. The average Bonchev–Trinajstić information content (AvgIpc) is 3.42. The van der Waals surface area contributed by atoms with Crippen LogP contribution in [0.1, 0.15) is 48.4 Å². The molecule has 27 heavy (non-hydrogen) atoms. The van der Waals surface area contributed by atoms with Gasteiger partial charge in [0.1, 0.15) is 18.1 Å². The number of benzene rings is 1. The molecular weight excluding hydrogens is 344 g/mol. The fourth-order valence-corrected chi connectivity index (χ4v) is 4.35. The van der Waals surface area contributed by atoms with Crippen LogP contribution in [0.15, 0.2) is 46.9 Å². The maximum absolute atomic E-state index is 12.1. The molecule has 2 N–H and O–H groups in total. The Morgan fingerprint density at radius 3 is 2.63 bits per heavy atom. The Hall–Kier alpha value is -2.76. The van der Waals surface area contributed by atoms with Crippen molar-refractivity contribution in [1.82, 2.24) is 10.9 Å². The first kappa shape index (κ1) is 17.6. The molecule has 0 aliphatic heterocycles. The monoisotopic (exact) mass is 368 g/mol. The molecule has 2 saturated carbocycles. The number of furan rings is 1. The topological polar surface area (TPSA) is 80.6 Å². The number of hydrazine groups is 1. The summed E-state index contributed by atoms with van der Waals surface area (Å²) in [5, 5.41) is 0. The van der Waals surface area contributed by atoms with Crippen molar-refractivity contribution in [3.63, 3.8) is 0 Å². The van der Waals surface area contributed by atoms with Gasteiger partial charge in [-0.1, -0.05) is 24.6 Å². The van der Waals surface area contributed by atoms with Gasteiger partial charge in [0.15, 0.2) is 5.76 Å². The first-order valence-electron chi connectivity index (χ1n) is 9.53. The van der Waals surface area contributed by atoms with Crippen LogP contribution in [0.25, 0.3) is 0 Å². The zero-order chi connectivity index (χ0) is 18.6. The highest BCUT2D eigenvalue weighted by Crippen LogP contribution is 2.49. The number of carbonyl (C=O) groups is 2. The average molecular weight is 368 g/mol. The highest BCUT2D eigenvalue weighted by molar-refractivity contribution is 5.92. The molecule has 2 bridgehead atoms. The van der Waals surface area contributed by atoms with Gasteiger partial charge in [-0.25, -0.2) is 0 Å². The lowest BCUT2D eigenvalue weighted by atomic mass is 9.86. The summed E-state index contributed by atoms with van der Waals surface area (Å²) in [7, 11) is 0. The van der Waals surface area contributed by atoms with Crippen molar-refractivity contribution >= 4 is 11.8 Å². The second kappa shape index (κ2) is 7.86.